The molecule has 3 aromatic carbocycles. The molecule has 0 fully saturated rings. The molecule has 0 aliphatic carbocycles. The van der Waals surface area contributed by atoms with Crippen LogP contribution >= 0.6 is 0 Å². The summed E-state index contributed by atoms with van der Waals surface area (Å²) in [7, 11) is 1.68. The zero-order valence-corrected chi connectivity index (χ0v) is 14.6. The highest BCUT2D eigenvalue weighted by Gasteiger charge is 2.36. The Hall–Kier alpha value is -3.10. The molecule has 0 spiro atoms. The lowest BCUT2D eigenvalue weighted by molar-refractivity contribution is -0.151. The van der Waals surface area contributed by atoms with Gasteiger partial charge in [0.15, 0.2) is 0 Å². The molecule has 4 rings (SSSR count). The Morgan fingerprint density at radius 1 is 0.692 bits per heavy atom. The van der Waals surface area contributed by atoms with Crippen molar-refractivity contribution in [3.63, 3.8) is 0 Å². The molecule has 1 heterocycles. The Bertz CT molecular complexity index is 928. The van der Waals surface area contributed by atoms with Crippen LogP contribution in [0.15, 0.2) is 103 Å². The number of benzene rings is 3. The lowest BCUT2D eigenvalue weighted by Crippen LogP contribution is -2.31. The van der Waals surface area contributed by atoms with Crippen molar-refractivity contribution in [2.75, 3.05) is 7.11 Å². The van der Waals surface area contributed by atoms with Crippen molar-refractivity contribution in [1.29, 1.82) is 0 Å². The molecule has 0 saturated heterocycles. The molecular weight excluding hydrogens is 320 g/mol. The van der Waals surface area contributed by atoms with Crippen LogP contribution in [0.5, 0.6) is 0 Å². The maximum absolute atomic E-state index is 6.41. The van der Waals surface area contributed by atoms with Gasteiger partial charge in [0, 0.05) is 18.2 Å². The molecule has 0 N–H and O–H groups in total. The SMILES string of the molecule is COC1(c2ccccc2)C=C(c2ccccc2)C=C(c2ccccc2)O1. The van der Waals surface area contributed by atoms with E-state index in [-0.39, 0.29) is 0 Å². The average molecular weight is 340 g/mol. The summed E-state index contributed by atoms with van der Waals surface area (Å²) >= 11 is 0. The Balaban J connectivity index is 1.88. The summed E-state index contributed by atoms with van der Waals surface area (Å²) in [4.78, 5) is 0. The van der Waals surface area contributed by atoms with E-state index in [2.05, 4.69) is 18.2 Å². The lowest BCUT2D eigenvalue weighted by atomic mass is 9.94. The number of hydrogen-bond acceptors (Lipinski definition) is 2. The topological polar surface area (TPSA) is 18.5 Å². The molecular formula is C24H20O2. The van der Waals surface area contributed by atoms with Gasteiger partial charge in [0.2, 0.25) is 0 Å². The van der Waals surface area contributed by atoms with Crippen molar-refractivity contribution in [1.82, 2.24) is 0 Å². The van der Waals surface area contributed by atoms with Crippen LogP contribution in [0.2, 0.25) is 0 Å². The fraction of sp³-hybridized carbons (Fsp3) is 0.0833. The van der Waals surface area contributed by atoms with Gasteiger partial charge in [-0.1, -0.05) is 91.0 Å². The van der Waals surface area contributed by atoms with E-state index in [1.165, 1.54) is 0 Å². The number of ether oxygens (including phenoxy) is 2. The molecule has 0 aromatic heterocycles. The maximum atomic E-state index is 6.41. The molecule has 0 saturated carbocycles. The molecule has 0 radical (unpaired) electrons. The van der Waals surface area contributed by atoms with Crippen molar-refractivity contribution in [3.8, 4) is 0 Å². The van der Waals surface area contributed by atoms with E-state index in [0.717, 1.165) is 28.0 Å². The molecule has 3 aromatic rings. The smallest absolute Gasteiger partial charge is 0.257 e. The fourth-order valence-electron chi connectivity index (χ4n) is 3.18. The molecule has 2 heteroatoms. The van der Waals surface area contributed by atoms with Gasteiger partial charge in [0.25, 0.3) is 5.79 Å². The van der Waals surface area contributed by atoms with Gasteiger partial charge in [0.1, 0.15) is 5.76 Å². The Morgan fingerprint density at radius 3 is 1.81 bits per heavy atom. The second kappa shape index (κ2) is 7.03. The Kier molecular flexibility index (Phi) is 4.42. The first-order valence-corrected chi connectivity index (χ1v) is 8.66. The van der Waals surface area contributed by atoms with Crippen molar-refractivity contribution < 1.29 is 9.47 Å². The summed E-state index contributed by atoms with van der Waals surface area (Å²) in [6, 6.07) is 30.4. The van der Waals surface area contributed by atoms with E-state index in [4.69, 9.17) is 9.47 Å². The van der Waals surface area contributed by atoms with Gasteiger partial charge in [0.05, 0.1) is 0 Å². The number of hydrogen-bond donors (Lipinski definition) is 0. The second-order valence-corrected chi connectivity index (χ2v) is 6.18. The third kappa shape index (κ3) is 3.07. The van der Waals surface area contributed by atoms with Gasteiger partial charge in [-0.3, -0.25) is 0 Å². The van der Waals surface area contributed by atoms with E-state index in [1.54, 1.807) is 7.11 Å². The summed E-state index contributed by atoms with van der Waals surface area (Å²) in [5.74, 6) is -0.176. The maximum Gasteiger partial charge on any atom is 0.257 e. The van der Waals surface area contributed by atoms with Gasteiger partial charge >= 0.3 is 0 Å². The van der Waals surface area contributed by atoms with Crippen molar-refractivity contribution in [2.45, 2.75) is 5.79 Å². The molecule has 1 unspecified atom stereocenters. The van der Waals surface area contributed by atoms with Crippen LogP contribution < -0.4 is 0 Å². The average Bonchev–Trinajstić information content (AvgIpc) is 2.75. The molecule has 0 bridgehead atoms. The summed E-state index contributed by atoms with van der Waals surface area (Å²) in [5, 5.41) is 0. The highest BCUT2D eigenvalue weighted by atomic mass is 16.7. The zero-order valence-electron chi connectivity index (χ0n) is 14.6. The molecule has 1 atom stereocenters. The third-order valence-electron chi connectivity index (χ3n) is 4.54. The Labute approximate surface area is 154 Å². The van der Waals surface area contributed by atoms with Crippen LogP contribution in [0.1, 0.15) is 16.7 Å². The largest absolute Gasteiger partial charge is 0.454 e. The summed E-state index contributed by atoms with van der Waals surface area (Å²) in [6.07, 6.45) is 4.12. The summed E-state index contributed by atoms with van der Waals surface area (Å²) in [5.41, 5.74) is 4.17. The predicted octanol–water partition coefficient (Wildman–Crippen LogP) is 5.64. The zero-order chi connectivity index (χ0) is 17.8. The summed E-state index contributed by atoms with van der Waals surface area (Å²) in [6.45, 7) is 0. The van der Waals surface area contributed by atoms with Crippen LogP contribution in [0.3, 0.4) is 0 Å². The number of rotatable bonds is 4. The fourth-order valence-corrected chi connectivity index (χ4v) is 3.18. The van der Waals surface area contributed by atoms with Gasteiger partial charge in [-0.2, -0.15) is 0 Å². The normalized spacial score (nSPS) is 19.3. The van der Waals surface area contributed by atoms with Crippen LogP contribution in [0.4, 0.5) is 0 Å². The number of allylic oxidation sites excluding steroid dienone is 2. The second-order valence-electron chi connectivity index (χ2n) is 6.18. The molecule has 1 aliphatic heterocycles. The van der Waals surface area contributed by atoms with Gasteiger partial charge in [-0.05, 0) is 23.3 Å². The minimum atomic E-state index is -0.966. The highest BCUT2D eigenvalue weighted by Crippen LogP contribution is 2.41. The number of methoxy groups -OCH3 is 1. The standard InChI is InChI=1S/C24H20O2/c1-25-24(22-15-9-4-10-16-22)18-21(19-11-5-2-6-12-19)17-23(26-24)20-13-7-3-8-14-20/h2-18H,1H3. The van der Waals surface area contributed by atoms with Gasteiger partial charge in [-0.15, -0.1) is 0 Å². The predicted molar refractivity (Wildman–Crippen MR) is 105 cm³/mol. The van der Waals surface area contributed by atoms with Crippen molar-refractivity contribution in [2.24, 2.45) is 0 Å². The minimum absolute atomic E-state index is 0.789. The first-order chi connectivity index (χ1) is 12.8. The van der Waals surface area contributed by atoms with Crippen LogP contribution in [-0.4, -0.2) is 7.11 Å². The monoisotopic (exact) mass is 340 g/mol. The van der Waals surface area contributed by atoms with E-state index in [0.29, 0.717) is 0 Å². The molecule has 128 valence electrons. The molecule has 0 amide bonds. The lowest BCUT2D eigenvalue weighted by Gasteiger charge is -2.35. The van der Waals surface area contributed by atoms with Crippen LogP contribution in [0, 0.1) is 0 Å². The quantitative estimate of drug-likeness (QED) is 0.612. The molecule has 1 aliphatic rings. The van der Waals surface area contributed by atoms with Gasteiger partial charge in [-0.25, -0.2) is 0 Å². The molecule has 2 nitrogen and oxygen atoms in total. The Morgan fingerprint density at radius 2 is 1.23 bits per heavy atom. The van der Waals surface area contributed by atoms with E-state index in [9.17, 15) is 0 Å². The first kappa shape index (κ1) is 16.4. The van der Waals surface area contributed by atoms with E-state index < -0.39 is 5.79 Å². The highest BCUT2D eigenvalue weighted by molar-refractivity contribution is 5.84. The van der Waals surface area contributed by atoms with Gasteiger partial charge < -0.3 is 9.47 Å². The van der Waals surface area contributed by atoms with E-state index in [1.807, 2.05) is 84.9 Å². The van der Waals surface area contributed by atoms with Crippen LogP contribution in [-0.2, 0) is 15.3 Å². The van der Waals surface area contributed by atoms with E-state index >= 15 is 0 Å². The van der Waals surface area contributed by atoms with Crippen molar-refractivity contribution in [3.05, 3.63) is 120 Å². The van der Waals surface area contributed by atoms with Crippen molar-refractivity contribution >= 4 is 11.3 Å². The first-order valence-electron chi connectivity index (χ1n) is 8.66. The summed E-state index contributed by atoms with van der Waals surface area (Å²) < 4.78 is 12.3. The third-order valence-corrected chi connectivity index (χ3v) is 4.54. The van der Waals surface area contributed by atoms with Crippen LogP contribution in [0.25, 0.3) is 11.3 Å². The molecule has 26 heavy (non-hydrogen) atoms. The minimum Gasteiger partial charge on any atom is -0.454 e.